The van der Waals surface area contributed by atoms with Gasteiger partial charge < -0.3 is 0 Å². The summed E-state index contributed by atoms with van der Waals surface area (Å²) in [4.78, 5) is 0. The third kappa shape index (κ3) is 6.23. The number of halogens is 5. The minimum Gasteiger partial charge on any atom is -0.191 e. The standard InChI is InChI=1S/C22H27F5/c1-2-3-4-5-6-17-7-9-18(10-8-17)11-12-19-13-15-20(16-14-19)21(23,24)22(25,26)27/h13-18H,2-10H2,1H3/t17-,18-. The molecule has 0 amide bonds. The second-order valence-corrected chi connectivity index (χ2v) is 7.49. The molecule has 0 aromatic heterocycles. The van der Waals surface area contributed by atoms with Crippen LogP contribution in [0.2, 0.25) is 0 Å². The van der Waals surface area contributed by atoms with Crippen molar-refractivity contribution in [2.75, 3.05) is 0 Å². The molecule has 1 aromatic carbocycles. The zero-order valence-electron chi connectivity index (χ0n) is 15.7. The maximum absolute atomic E-state index is 13.3. The fourth-order valence-electron chi connectivity index (χ4n) is 3.57. The molecule has 0 nitrogen and oxygen atoms in total. The van der Waals surface area contributed by atoms with Crippen LogP contribution >= 0.6 is 0 Å². The van der Waals surface area contributed by atoms with E-state index in [4.69, 9.17) is 0 Å². The lowest BCUT2D eigenvalue weighted by molar-refractivity contribution is -0.289. The van der Waals surface area contributed by atoms with E-state index in [1.807, 2.05) is 0 Å². The Kier molecular flexibility index (Phi) is 7.70. The minimum absolute atomic E-state index is 0.285. The molecule has 0 bridgehead atoms. The first-order valence-corrected chi connectivity index (χ1v) is 9.80. The van der Waals surface area contributed by atoms with Crippen LogP contribution in [0.25, 0.3) is 0 Å². The van der Waals surface area contributed by atoms with Crippen molar-refractivity contribution in [3.05, 3.63) is 35.4 Å². The van der Waals surface area contributed by atoms with Crippen LogP contribution in [0.15, 0.2) is 24.3 Å². The Morgan fingerprint density at radius 1 is 0.889 bits per heavy atom. The average molecular weight is 386 g/mol. The first-order chi connectivity index (χ1) is 12.7. The van der Waals surface area contributed by atoms with Crippen LogP contribution in [-0.2, 0) is 5.92 Å². The number of rotatable bonds is 6. The predicted octanol–water partition coefficient (Wildman–Crippen LogP) is 7.47. The molecule has 5 heteroatoms. The highest BCUT2D eigenvalue weighted by Crippen LogP contribution is 2.43. The van der Waals surface area contributed by atoms with Crippen LogP contribution < -0.4 is 0 Å². The van der Waals surface area contributed by atoms with Crippen LogP contribution in [0.5, 0.6) is 0 Å². The average Bonchev–Trinajstić information content (AvgIpc) is 2.64. The van der Waals surface area contributed by atoms with Crippen molar-refractivity contribution < 1.29 is 22.0 Å². The molecule has 0 N–H and O–H groups in total. The van der Waals surface area contributed by atoms with Gasteiger partial charge in [0.1, 0.15) is 0 Å². The van der Waals surface area contributed by atoms with Gasteiger partial charge in [0, 0.05) is 17.0 Å². The normalized spacial score (nSPS) is 20.8. The van der Waals surface area contributed by atoms with Crippen LogP contribution in [0.3, 0.4) is 0 Å². The van der Waals surface area contributed by atoms with Crippen LogP contribution in [-0.4, -0.2) is 6.18 Å². The summed E-state index contributed by atoms with van der Waals surface area (Å²) < 4.78 is 63.7. The summed E-state index contributed by atoms with van der Waals surface area (Å²) in [5.74, 6) is 2.32. The highest BCUT2D eigenvalue weighted by Gasteiger charge is 2.58. The Morgan fingerprint density at radius 3 is 2.07 bits per heavy atom. The molecule has 27 heavy (non-hydrogen) atoms. The zero-order chi connectivity index (χ0) is 19.9. The molecule has 0 aliphatic heterocycles. The van der Waals surface area contributed by atoms with Crippen molar-refractivity contribution >= 4 is 0 Å². The molecule has 0 heterocycles. The lowest BCUT2D eigenvalue weighted by Crippen LogP contribution is -2.33. The summed E-state index contributed by atoms with van der Waals surface area (Å²) in [5.41, 5.74) is -0.581. The molecule has 1 saturated carbocycles. The van der Waals surface area contributed by atoms with Gasteiger partial charge in [0.25, 0.3) is 0 Å². The molecular weight excluding hydrogens is 359 g/mol. The predicted molar refractivity (Wildman–Crippen MR) is 97.5 cm³/mol. The molecule has 0 radical (unpaired) electrons. The minimum atomic E-state index is -5.59. The van der Waals surface area contributed by atoms with Gasteiger partial charge in [0.2, 0.25) is 0 Å². The number of unbranched alkanes of at least 4 members (excludes halogenated alkanes) is 3. The second kappa shape index (κ2) is 9.57. The van der Waals surface area contributed by atoms with Gasteiger partial charge in [0.15, 0.2) is 0 Å². The quantitative estimate of drug-likeness (QED) is 0.270. The molecule has 1 fully saturated rings. The van der Waals surface area contributed by atoms with E-state index in [0.29, 0.717) is 5.56 Å². The lowest BCUT2D eigenvalue weighted by Gasteiger charge is -2.25. The van der Waals surface area contributed by atoms with Gasteiger partial charge in [-0.05, 0) is 43.7 Å². The van der Waals surface area contributed by atoms with Gasteiger partial charge in [-0.3, -0.25) is 0 Å². The highest BCUT2D eigenvalue weighted by molar-refractivity contribution is 5.38. The summed E-state index contributed by atoms with van der Waals surface area (Å²) >= 11 is 0. The van der Waals surface area contributed by atoms with E-state index < -0.39 is 17.7 Å². The first-order valence-electron chi connectivity index (χ1n) is 9.80. The van der Waals surface area contributed by atoms with Gasteiger partial charge in [0.05, 0.1) is 0 Å². The fourth-order valence-corrected chi connectivity index (χ4v) is 3.57. The van der Waals surface area contributed by atoms with E-state index >= 15 is 0 Å². The molecule has 0 atom stereocenters. The van der Waals surface area contributed by atoms with Gasteiger partial charge in [-0.15, -0.1) is 0 Å². The van der Waals surface area contributed by atoms with Gasteiger partial charge in [-0.2, -0.15) is 22.0 Å². The van der Waals surface area contributed by atoms with E-state index in [1.54, 1.807) is 0 Å². The Bertz CT molecular complexity index is 625. The summed E-state index contributed by atoms with van der Waals surface area (Å²) in [5, 5.41) is 0. The lowest BCUT2D eigenvalue weighted by atomic mass is 9.80. The number of hydrogen-bond acceptors (Lipinski definition) is 0. The number of benzene rings is 1. The number of hydrogen-bond donors (Lipinski definition) is 0. The van der Waals surface area contributed by atoms with Crippen LogP contribution in [0.4, 0.5) is 22.0 Å². The number of alkyl halides is 5. The molecule has 1 aliphatic carbocycles. The molecular formula is C22H27F5. The van der Waals surface area contributed by atoms with E-state index in [1.165, 1.54) is 57.1 Å². The Morgan fingerprint density at radius 2 is 1.52 bits per heavy atom. The van der Waals surface area contributed by atoms with Crippen molar-refractivity contribution in [3.8, 4) is 11.8 Å². The third-order valence-electron chi connectivity index (χ3n) is 5.34. The van der Waals surface area contributed by atoms with E-state index in [9.17, 15) is 22.0 Å². The Hall–Kier alpha value is -1.57. The fraction of sp³-hybridized carbons (Fsp3) is 0.636. The maximum Gasteiger partial charge on any atom is 0.458 e. The molecule has 2 rings (SSSR count). The summed E-state index contributed by atoms with van der Waals surface area (Å²) in [6.07, 6.45) is 5.26. The molecule has 1 aromatic rings. The molecule has 0 spiro atoms. The molecule has 0 unspecified atom stereocenters. The molecule has 0 saturated heterocycles. The van der Waals surface area contributed by atoms with Crippen LogP contribution in [0.1, 0.15) is 75.8 Å². The third-order valence-corrected chi connectivity index (χ3v) is 5.34. The maximum atomic E-state index is 13.3. The van der Waals surface area contributed by atoms with E-state index in [2.05, 4.69) is 18.8 Å². The van der Waals surface area contributed by atoms with Crippen molar-refractivity contribution in [1.82, 2.24) is 0 Å². The van der Waals surface area contributed by atoms with E-state index in [-0.39, 0.29) is 5.92 Å². The summed E-state index contributed by atoms with van der Waals surface area (Å²) in [7, 11) is 0. The van der Waals surface area contributed by atoms with Crippen molar-refractivity contribution in [3.63, 3.8) is 0 Å². The van der Waals surface area contributed by atoms with Crippen molar-refractivity contribution in [2.45, 2.75) is 76.8 Å². The van der Waals surface area contributed by atoms with Gasteiger partial charge in [-0.25, -0.2) is 0 Å². The first kappa shape index (κ1) is 21.7. The monoisotopic (exact) mass is 386 g/mol. The zero-order valence-corrected chi connectivity index (χ0v) is 15.7. The Balaban J connectivity index is 1.85. The second-order valence-electron chi connectivity index (χ2n) is 7.49. The summed E-state index contributed by atoms with van der Waals surface area (Å²) in [6, 6.07) is 4.10. The highest BCUT2D eigenvalue weighted by atomic mass is 19.4. The van der Waals surface area contributed by atoms with Crippen LogP contribution in [0, 0.1) is 23.7 Å². The summed E-state index contributed by atoms with van der Waals surface area (Å²) in [6.45, 7) is 2.21. The van der Waals surface area contributed by atoms with Crippen molar-refractivity contribution in [1.29, 1.82) is 0 Å². The molecule has 150 valence electrons. The topological polar surface area (TPSA) is 0 Å². The Labute approximate surface area is 158 Å². The van der Waals surface area contributed by atoms with Gasteiger partial charge in [-0.1, -0.05) is 63.0 Å². The smallest absolute Gasteiger partial charge is 0.191 e. The molecule has 1 aliphatic rings. The largest absolute Gasteiger partial charge is 0.458 e. The SMILES string of the molecule is CCCCCC[C@H]1CC[C@H](C#Cc2ccc(C(F)(F)C(F)(F)F)cc2)CC1. The van der Waals surface area contributed by atoms with Gasteiger partial charge >= 0.3 is 12.1 Å². The van der Waals surface area contributed by atoms with E-state index in [0.717, 1.165) is 30.9 Å². The van der Waals surface area contributed by atoms with Crippen molar-refractivity contribution in [2.24, 2.45) is 11.8 Å².